The summed E-state index contributed by atoms with van der Waals surface area (Å²) in [6, 6.07) is 2.51. The monoisotopic (exact) mass is 283 g/mol. The number of halogens is 1. The molecule has 1 atom stereocenters. The lowest BCUT2D eigenvalue weighted by molar-refractivity contribution is 0.668. The van der Waals surface area contributed by atoms with Gasteiger partial charge in [-0.05, 0) is 34.5 Å². The maximum atomic E-state index is 4.07. The first-order valence-corrected chi connectivity index (χ1v) is 6.38. The van der Waals surface area contributed by atoms with Crippen LogP contribution in [0.4, 0.5) is 0 Å². The highest BCUT2D eigenvalue weighted by molar-refractivity contribution is 9.11. The van der Waals surface area contributed by atoms with E-state index >= 15 is 0 Å². The molecule has 78 valence electrons. The SMILES string of the molecule is Cc1[nH]ncc1C1NCc2cc(Br)sc21. The lowest BCUT2D eigenvalue weighted by Crippen LogP contribution is -2.13. The van der Waals surface area contributed by atoms with Gasteiger partial charge in [-0.25, -0.2) is 0 Å². The van der Waals surface area contributed by atoms with Crippen LogP contribution in [0.2, 0.25) is 0 Å². The molecule has 0 aromatic carbocycles. The van der Waals surface area contributed by atoms with E-state index in [0.717, 1.165) is 12.2 Å². The summed E-state index contributed by atoms with van der Waals surface area (Å²) in [5, 5.41) is 10.6. The minimum absolute atomic E-state index is 0.315. The van der Waals surface area contributed by atoms with Gasteiger partial charge in [0.2, 0.25) is 0 Å². The first-order valence-electron chi connectivity index (χ1n) is 4.77. The molecule has 3 rings (SSSR count). The standard InChI is InChI=1S/C10H10BrN3S/c1-5-7(4-13-14-5)9-10-6(3-12-9)2-8(11)15-10/h2,4,9,12H,3H2,1H3,(H,13,14). The Morgan fingerprint density at radius 1 is 1.60 bits per heavy atom. The minimum Gasteiger partial charge on any atom is -0.301 e. The molecule has 3 heterocycles. The minimum atomic E-state index is 0.315. The zero-order chi connectivity index (χ0) is 10.4. The number of nitrogens with one attached hydrogen (secondary N) is 2. The number of aromatic amines is 1. The largest absolute Gasteiger partial charge is 0.301 e. The lowest BCUT2D eigenvalue weighted by atomic mass is 10.1. The van der Waals surface area contributed by atoms with E-state index in [0.29, 0.717) is 6.04 Å². The van der Waals surface area contributed by atoms with Gasteiger partial charge in [-0.3, -0.25) is 5.10 Å². The predicted molar refractivity (Wildman–Crippen MR) is 64.0 cm³/mol. The second kappa shape index (κ2) is 3.43. The van der Waals surface area contributed by atoms with Gasteiger partial charge < -0.3 is 5.32 Å². The van der Waals surface area contributed by atoms with Crippen LogP contribution in [0, 0.1) is 6.92 Å². The summed E-state index contributed by atoms with van der Waals surface area (Å²) in [6.07, 6.45) is 1.91. The van der Waals surface area contributed by atoms with Crippen molar-refractivity contribution in [1.29, 1.82) is 0 Å². The number of aryl methyl sites for hydroxylation is 1. The Labute approximate surface area is 100 Å². The molecule has 0 aliphatic carbocycles. The van der Waals surface area contributed by atoms with E-state index in [2.05, 4.69) is 44.4 Å². The maximum absolute atomic E-state index is 4.07. The van der Waals surface area contributed by atoms with E-state index in [1.165, 1.54) is 19.8 Å². The van der Waals surface area contributed by atoms with Gasteiger partial charge in [0.25, 0.3) is 0 Å². The molecular formula is C10H10BrN3S. The maximum Gasteiger partial charge on any atom is 0.0710 e. The van der Waals surface area contributed by atoms with Gasteiger partial charge in [-0.2, -0.15) is 5.10 Å². The smallest absolute Gasteiger partial charge is 0.0710 e. The first kappa shape index (κ1) is 9.57. The number of rotatable bonds is 1. The van der Waals surface area contributed by atoms with Crippen LogP contribution in [0.5, 0.6) is 0 Å². The summed E-state index contributed by atoms with van der Waals surface area (Å²) < 4.78 is 1.21. The van der Waals surface area contributed by atoms with Gasteiger partial charge in [-0.1, -0.05) is 0 Å². The van der Waals surface area contributed by atoms with Crippen LogP contribution in [-0.4, -0.2) is 10.2 Å². The van der Waals surface area contributed by atoms with Gasteiger partial charge in [0.1, 0.15) is 0 Å². The normalized spacial score (nSPS) is 19.5. The highest BCUT2D eigenvalue weighted by Crippen LogP contribution is 2.39. The average Bonchev–Trinajstić information content (AvgIpc) is 2.81. The average molecular weight is 284 g/mol. The molecule has 0 saturated heterocycles. The van der Waals surface area contributed by atoms with Crippen LogP contribution >= 0.6 is 27.3 Å². The summed E-state index contributed by atoms with van der Waals surface area (Å²) in [5.41, 5.74) is 3.80. The molecule has 2 N–H and O–H groups in total. The quantitative estimate of drug-likeness (QED) is 0.845. The van der Waals surface area contributed by atoms with Crippen molar-refractivity contribution in [2.24, 2.45) is 0 Å². The third-order valence-corrected chi connectivity index (χ3v) is 4.50. The molecular weight excluding hydrogens is 274 g/mol. The van der Waals surface area contributed by atoms with Gasteiger partial charge in [0.15, 0.2) is 0 Å². The molecule has 0 bridgehead atoms. The molecule has 15 heavy (non-hydrogen) atoms. The number of aromatic nitrogens is 2. The van der Waals surface area contributed by atoms with E-state index in [1.54, 1.807) is 11.3 Å². The third-order valence-electron chi connectivity index (χ3n) is 2.75. The Morgan fingerprint density at radius 3 is 3.20 bits per heavy atom. The molecule has 1 aliphatic rings. The zero-order valence-electron chi connectivity index (χ0n) is 8.17. The number of hydrogen-bond acceptors (Lipinski definition) is 3. The summed E-state index contributed by atoms with van der Waals surface area (Å²) in [4.78, 5) is 1.41. The molecule has 0 radical (unpaired) electrons. The van der Waals surface area contributed by atoms with Crippen molar-refractivity contribution in [2.45, 2.75) is 19.5 Å². The van der Waals surface area contributed by atoms with Gasteiger partial charge >= 0.3 is 0 Å². The molecule has 2 aromatic rings. The van der Waals surface area contributed by atoms with Gasteiger partial charge in [0.05, 0.1) is 16.0 Å². The van der Waals surface area contributed by atoms with Crippen molar-refractivity contribution in [3.8, 4) is 0 Å². The second-order valence-corrected chi connectivity index (χ2v) is 6.17. The molecule has 0 spiro atoms. The van der Waals surface area contributed by atoms with E-state index in [-0.39, 0.29) is 0 Å². The molecule has 0 fully saturated rings. The highest BCUT2D eigenvalue weighted by atomic mass is 79.9. The van der Waals surface area contributed by atoms with E-state index < -0.39 is 0 Å². The van der Waals surface area contributed by atoms with E-state index in [1.807, 2.05) is 6.20 Å². The number of hydrogen-bond donors (Lipinski definition) is 2. The lowest BCUT2D eigenvalue weighted by Gasteiger charge is -2.09. The van der Waals surface area contributed by atoms with Crippen molar-refractivity contribution >= 4 is 27.3 Å². The molecule has 0 amide bonds. The topological polar surface area (TPSA) is 40.7 Å². The highest BCUT2D eigenvalue weighted by Gasteiger charge is 2.27. The van der Waals surface area contributed by atoms with Crippen LogP contribution in [0.25, 0.3) is 0 Å². The molecule has 5 heteroatoms. The zero-order valence-corrected chi connectivity index (χ0v) is 10.6. The fourth-order valence-electron chi connectivity index (χ4n) is 2.00. The summed E-state index contributed by atoms with van der Waals surface area (Å²) in [6.45, 7) is 3.01. The molecule has 0 saturated carbocycles. The molecule has 2 aromatic heterocycles. The van der Waals surface area contributed by atoms with Crippen LogP contribution in [-0.2, 0) is 6.54 Å². The number of fused-ring (bicyclic) bond motifs is 1. The Kier molecular flexibility index (Phi) is 2.19. The Bertz CT molecular complexity index is 502. The Hall–Kier alpha value is -0.650. The number of H-pyrrole nitrogens is 1. The van der Waals surface area contributed by atoms with E-state index in [9.17, 15) is 0 Å². The van der Waals surface area contributed by atoms with Crippen molar-refractivity contribution in [1.82, 2.24) is 15.5 Å². The number of thiophene rings is 1. The fraction of sp³-hybridized carbons (Fsp3) is 0.300. The molecule has 1 unspecified atom stereocenters. The molecule has 1 aliphatic heterocycles. The van der Waals surface area contributed by atoms with Crippen LogP contribution < -0.4 is 5.32 Å². The van der Waals surface area contributed by atoms with Crippen molar-refractivity contribution < 1.29 is 0 Å². The Balaban J connectivity index is 2.07. The summed E-state index contributed by atoms with van der Waals surface area (Å²) >= 11 is 5.34. The van der Waals surface area contributed by atoms with Gasteiger partial charge in [0, 0.05) is 22.7 Å². The Morgan fingerprint density at radius 2 is 2.47 bits per heavy atom. The fourth-order valence-corrected chi connectivity index (χ4v) is 3.80. The van der Waals surface area contributed by atoms with Crippen LogP contribution in [0.3, 0.4) is 0 Å². The number of nitrogens with zero attached hydrogens (tertiary/aromatic N) is 1. The van der Waals surface area contributed by atoms with Crippen LogP contribution in [0.1, 0.15) is 27.7 Å². The predicted octanol–water partition coefficient (Wildman–Crippen LogP) is 2.73. The van der Waals surface area contributed by atoms with Gasteiger partial charge in [-0.15, -0.1) is 11.3 Å². The summed E-state index contributed by atoms with van der Waals surface area (Å²) in [7, 11) is 0. The summed E-state index contributed by atoms with van der Waals surface area (Å²) in [5.74, 6) is 0. The van der Waals surface area contributed by atoms with Crippen molar-refractivity contribution in [2.75, 3.05) is 0 Å². The van der Waals surface area contributed by atoms with Crippen molar-refractivity contribution in [3.05, 3.63) is 37.7 Å². The third kappa shape index (κ3) is 1.46. The van der Waals surface area contributed by atoms with Crippen LogP contribution in [0.15, 0.2) is 16.0 Å². The second-order valence-electron chi connectivity index (χ2n) is 3.70. The molecule has 3 nitrogen and oxygen atoms in total. The van der Waals surface area contributed by atoms with Crippen molar-refractivity contribution in [3.63, 3.8) is 0 Å². The first-order chi connectivity index (χ1) is 7.25. The van der Waals surface area contributed by atoms with E-state index in [4.69, 9.17) is 0 Å².